The number of carboxylic acid groups (broad SMARTS) is 1. The van der Waals surface area contributed by atoms with Crippen molar-refractivity contribution in [3.63, 3.8) is 0 Å². The van der Waals surface area contributed by atoms with Crippen molar-refractivity contribution in [2.45, 2.75) is 45.3 Å². The van der Waals surface area contributed by atoms with Gasteiger partial charge in [0.1, 0.15) is 0 Å². The van der Waals surface area contributed by atoms with Crippen LogP contribution in [0.25, 0.3) is 0 Å². The molecule has 2 saturated heterocycles. The van der Waals surface area contributed by atoms with E-state index in [2.05, 4.69) is 49.9 Å². The summed E-state index contributed by atoms with van der Waals surface area (Å²) in [5, 5.41) is 9.24. The molecule has 21 heavy (non-hydrogen) atoms. The van der Waals surface area contributed by atoms with Gasteiger partial charge in [-0.2, -0.15) is 0 Å². The Morgan fingerprint density at radius 3 is 2.33 bits per heavy atom. The van der Waals surface area contributed by atoms with Crippen molar-refractivity contribution in [2.75, 3.05) is 13.1 Å². The number of piperazine rings is 1. The summed E-state index contributed by atoms with van der Waals surface area (Å²) in [5.41, 5.74) is 1.46. The lowest BCUT2D eigenvalue weighted by atomic mass is 9.81. The Labute approximate surface area is 126 Å². The smallest absolute Gasteiger partial charge is 0.407 e. The highest BCUT2D eigenvalue weighted by Crippen LogP contribution is 2.44. The number of likely N-dealkylation sites (tertiary alicyclic amines) is 2. The van der Waals surface area contributed by atoms with Crippen LogP contribution in [0.4, 0.5) is 4.79 Å². The number of fused-ring (bicyclic) bond motifs is 2. The number of benzene rings is 1. The van der Waals surface area contributed by atoms with Gasteiger partial charge in [-0.15, -0.1) is 0 Å². The van der Waals surface area contributed by atoms with E-state index in [0.717, 1.165) is 13.0 Å². The van der Waals surface area contributed by atoms with E-state index in [4.69, 9.17) is 0 Å². The fourth-order valence-corrected chi connectivity index (χ4v) is 4.07. The molecule has 0 radical (unpaired) electrons. The number of carbonyl (C=O) groups is 1. The Balaban J connectivity index is 1.86. The zero-order chi connectivity index (χ0) is 15.2. The van der Waals surface area contributed by atoms with Crippen LogP contribution in [0.15, 0.2) is 30.3 Å². The van der Waals surface area contributed by atoms with Gasteiger partial charge in [0.15, 0.2) is 0 Å². The van der Waals surface area contributed by atoms with Crippen LogP contribution in [0, 0.1) is 5.41 Å². The first kappa shape index (κ1) is 14.4. The predicted molar refractivity (Wildman–Crippen MR) is 82.3 cm³/mol. The van der Waals surface area contributed by atoms with E-state index >= 15 is 0 Å². The lowest BCUT2D eigenvalue weighted by molar-refractivity contribution is 0.0410. The number of amides is 1. The average Bonchev–Trinajstić information content (AvgIpc) is 2.98. The molecule has 2 bridgehead atoms. The Bertz CT molecular complexity index is 523. The summed E-state index contributed by atoms with van der Waals surface area (Å²) < 4.78 is 0. The van der Waals surface area contributed by atoms with Gasteiger partial charge in [0.2, 0.25) is 0 Å². The van der Waals surface area contributed by atoms with E-state index in [1.165, 1.54) is 5.56 Å². The van der Waals surface area contributed by atoms with Crippen LogP contribution >= 0.6 is 0 Å². The molecule has 4 heteroatoms. The van der Waals surface area contributed by atoms with Gasteiger partial charge in [-0.3, -0.25) is 4.90 Å². The molecule has 2 aliphatic heterocycles. The molecule has 1 amide bonds. The summed E-state index contributed by atoms with van der Waals surface area (Å²) in [5.74, 6) is 0. The molecule has 4 nitrogen and oxygen atoms in total. The number of rotatable bonds is 2. The molecule has 1 aromatic carbocycles. The second kappa shape index (κ2) is 5.02. The van der Waals surface area contributed by atoms with Gasteiger partial charge in [-0.1, -0.05) is 51.1 Å². The summed E-state index contributed by atoms with van der Waals surface area (Å²) in [6.45, 7) is 8.32. The zero-order valence-electron chi connectivity index (χ0n) is 13.0. The third-order valence-corrected chi connectivity index (χ3v) is 4.80. The van der Waals surface area contributed by atoms with Gasteiger partial charge in [-0.25, -0.2) is 4.79 Å². The van der Waals surface area contributed by atoms with E-state index in [0.29, 0.717) is 18.6 Å². The SMILES string of the molecule is CC(C)(C)C(c1ccccc1)N1C[C@H]2C[C@@H]1CN2C(=O)O. The van der Waals surface area contributed by atoms with Gasteiger partial charge >= 0.3 is 6.09 Å². The van der Waals surface area contributed by atoms with E-state index < -0.39 is 6.09 Å². The van der Waals surface area contributed by atoms with Crippen LogP contribution in [0.2, 0.25) is 0 Å². The summed E-state index contributed by atoms with van der Waals surface area (Å²) in [7, 11) is 0. The molecule has 1 N–H and O–H groups in total. The number of nitrogens with zero attached hydrogens (tertiary/aromatic N) is 2. The molecule has 0 saturated carbocycles. The van der Waals surface area contributed by atoms with Crippen molar-refractivity contribution in [3.05, 3.63) is 35.9 Å². The monoisotopic (exact) mass is 288 g/mol. The van der Waals surface area contributed by atoms with Crippen LogP contribution in [-0.4, -0.2) is 46.2 Å². The molecule has 1 unspecified atom stereocenters. The largest absolute Gasteiger partial charge is 0.465 e. The Morgan fingerprint density at radius 2 is 1.86 bits per heavy atom. The Kier molecular flexibility index (Phi) is 3.44. The molecule has 114 valence electrons. The minimum Gasteiger partial charge on any atom is -0.465 e. The molecule has 2 heterocycles. The minimum absolute atomic E-state index is 0.125. The second-order valence-corrected chi connectivity index (χ2v) is 7.35. The first-order chi connectivity index (χ1) is 9.88. The van der Waals surface area contributed by atoms with Crippen LogP contribution in [0.1, 0.15) is 38.8 Å². The molecule has 2 fully saturated rings. The van der Waals surface area contributed by atoms with Crippen molar-refractivity contribution in [2.24, 2.45) is 5.41 Å². The quantitative estimate of drug-likeness (QED) is 0.908. The van der Waals surface area contributed by atoms with Gasteiger partial charge < -0.3 is 10.0 Å². The summed E-state index contributed by atoms with van der Waals surface area (Å²) in [6, 6.07) is 11.5. The van der Waals surface area contributed by atoms with Gasteiger partial charge in [0.25, 0.3) is 0 Å². The maximum absolute atomic E-state index is 11.2. The van der Waals surface area contributed by atoms with Crippen molar-refractivity contribution in [1.29, 1.82) is 0 Å². The maximum Gasteiger partial charge on any atom is 0.407 e. The number of hydrogen-bond donors (Lipinski definition) is 1. The fourth-order valence-electron chi connectivity index (χ4n) is 4.07. The van der Waals surface area contributed by atoms with Crippen LogP contribution < -0.4 is 0 Å². The highest BCUT2D eigenvalue weighted by molar-refractivity contribution is 5.66. The molecule has 0 aromatic heterocycles. The van der Waals surface area contributed by atoms with Crippen molar-refractivity contribution in [3.8, 4) is 0 Å². The first-order valence-electron chi connectivity index (χ1n) is 7.68. The topological polar surface area (TPSA) is 43.8 Å². The standard InChI is InChI=1S/C17H24N2O2/c1-17(2,3)15(12-7-5-4-6-8-12)18-10-14-9-13(18)11-19(14)16(20)21/h4-8,13-15H,9-11H2,1-3H3,(H,20,21)/t13-,14-,15?/m1/s1. The molecule has 2 aliphatic rings. The van der Waals surface area contributed by atoms with Crippen molar-refractivity contribution >= 4 is 6.09 Å². The van der Waals surface area contributed by atoms with Crippen LogP contribution in [0.5, 0.6) is 0 Å². The molecule has 3 rings (SSSR count). The summed E-state index contributed by atoms with van der Waals surface area (Å²) in [4.78, 5) is 15.4. The molecule has 3 atom stereocenters. The van der Waals surface area contributed by atoms with Crippen molar-refractivity contribution < 1.29 is 9.90 Å². The van der Waals surface area contributed by atoms with Crippen molar-refractivity contribution in [1.82, 2.24) is 9.80 Å². The van der Waals surface area contributed by atoms with Gasteiger partial charge in [0.05, 0.1) is 0 Å². The molecule has 0 spiro atoms. The minimum atomic E-state index is -0.769. The van der Waals surface area contributed by atoms with Gasteiger partial charge in [0, 0.05) is 31.2 Å². The van der Waals surface area contributed by atoms with Crippen LogP contribution in [0.3, 0.4) is 0 Å². The highest BCUT2D eigenvalue weighted by atomic mass is 16.4. The third-order valence-electron chi connectivity index (χ3n) is 4.80. The second-order valence-electron chi connectivity index (χ2n) is 7.35. The van der Waals surface area contributed by atoms with E-state index in [1.807, 2.05) is 6.07 Å². The zero-order valence-corrected chi connectivity index (χ0v) is 13.0. The lowest BCUT2D eigenvalue weighted by Crippen LogP contribution is -2.51. The summed E-state index contributed by atoms with van der Waals surface area (Å²) in [6.07, 6.45) is 0.209. The highest BCUT2D eigenvalue weighted by Gasteiger charge is 2.49. The molecular formula is C17H24N2O2. The molecular weight excluding hydrogens is 264 g/mol. The maximum atomic E-state index is 11.2. The first-order valence-corrected chi connectivity index (χ1v) is 7.68. The Hall–Kier alpha value is -1.55. The lowest BCUT2D eigenvalue weighted by Gasteiger charge is -2.44. The molecule has 0 aliphatic carbocycles. The molecule has 1 aromatic rings. The van der Waals surface area contributed by atoms with E-state index in [-0.39, 0.29) is 11.5 Å². The number of hydrogen-bond acceptors (Lipinski definition) is 2. The summed E-state index contributed by atoms with van der Waals surface area (Å²) >= 11 is 0. The average molecular weight is 288 g/mol. The van der Waals surface area contributed by atoms with E-state index in [1.54, 1.807) is 4.90 Å². The Morgan fingerprint density at radius 1 is 1.19 bits per heavy atom. The van der Waals surface area contributed by atoms with E-state index in [9.17, 15) is 9.90 Å². The van der Waals surface area contributed by atoms with Crippen LogP contribution in [-0.2, 0) is 0 Å². The normalized spacial score (nSPS) is 27.1. The third kappa shape index (κ3) is 2.53. The predicted octanol–water partition coefficient (Wildman–Crippen LogP) is 3.21. The van der Waals surface area contributed by atoms with Gasteiger partial charge in [-0.05, 0) is 17.4 Å². The fraction of sp³-hybridized carbons (Fsp3) is 0.588.